The molecular weight excluding hydrogens is 268 g/mol. The Morgan fingerprint density at radius 3 is 2.14 bits per heavy atom. The Bertz CT molecular complexity index is 336. The minimum absolute atomic E-state index is 0.481. The van der Waals surface area contributed by atoms with Gasteiger partial charge in [0.2, 0.25) is 0 Å². The molecule has 3 N–H and O–H groups in total. The van der Waals surface area contributed by atoms with E-state index in [1.165, 1.54) is 25.7 Å². The molecular formula is C16H30N2O3. The van der Waals surface area contributed by atoms with Gasteiger partial charge in [-0.1, -0.05) is 19.8 Å². The van der Waals surface area contributed by atoms with Crippen LogP contribution in [0.4, 0.5) is 0 Å². The number of aliphatic hydroxyl groups is 3. The van der Waals surface area contributed by atoms with E-state index < -0.39 is 18.3 Å². The van der Waals surface area contributed by atoms with Crippen molar-refractivity contribution < 1.29 is 15.3 Å². The highest BCUT2D eigenvalue weighted by Crippen LogP contribution is 2.32. The third-order valence-electron chi connectivity index (χ3n) is 5.72. The van der Waals surface area contributed by atoms with Crippen LogP contribution in [0.5, 0.6) is 0 Å². The van der Waals surface area contributed by atoms with Crippen LogP contribution < -0.4 is 0 Å². The van der Waals surface area contributed by atoms with Gasteiger partial charge in [0.15, 0.2) is 0 Å². The summed E-state index contributed by atoms with van der Waals surface area (Å²) < 4.78 is 0. The SMILES string of the molecule is C[C@@H]1CCCC[C@@H]1N1CC(CN2C[C@@H](O)C(O)[C@@H](O)C2)C1. The summed E-state index contributed by atoms with van der Waals surface area (Å²) in [6.07, 6.45) is 2.86. The van der Waals surface area contributed by atoms with Gasteiger partial charge in [-0.15, -0.1) is 0 Å². The van der Waals surface area contributed by atoms with Gasteiger partial charge in [0.1, 0.15) is 6.10 Å². The summed E-state index contributed by atoms with van der Waals surface area (Å²) in [5.74, 6) is 1.47. The van der Waals surface area contributed by atoms with Crippen LogP contribution >= 0.6 is 0 Å². The summed E-state index contributed by atoms with van der Waals surface area (Å²) in [6.45, 7) is 6.58. The molecule has 3 rings (SSSR count). The second-order valence-electron chi connectivity index (χ2n) is 7.49. The first-order valence-electron chi connectivity index (χ1n) is 8.55. The molecule has 122 valence electrons. The molecule has 0 radical (unpaired) electrons. The number of piperidine rings is 1. The van der Waals surface area contributed by atoms with Crippen molar-refractivity contribution in [2.45, 2.75) is 57.0 Å². The van der Waals surface area contributed by atoms with Gasteiger partial charge in [-0.25, -0.2) is 0 Å². The van der Waals surface area contributed by atoms with Gasteiger partial charge in [-0.2, -0.15) is 0 Å². The molecule has 1 unspecified atom stereocenters. The Labute approximate surface area is 127 Å². The van der Waals surface area contributed by atoms with E-state index in [1.807, 2.05) is 0 Å². The second kappa shape index (κ2) is 6.50. The Balaban J connectivity index is 1.42. The lowest BCUT2D eigenvalue weighted by Gasteiger charge is -2.50. The maximum Gasteiger partial charge on any atom is 0.108 e. The van der Waals surface area contributed by atoms with E-state index in [4.69, 9.17) is 0 Å². The minimum Gasteiger partial charge on any atom is -0.389 e. The predicted molar refractivity (Wildman–Crippen MR) is 80.9 cm³/mol. The van der Waals surface area contributed by atoms with Crippen LogP contribution in [0.25, 0.3) is 0 Å². The van der Waals surface area contributed by atoms with E-state index in [9.17, 15) is 15.3 Å². The lowest BCUT2D eigenvalue weighted by molar-refractivity contribution is -0.117. The molecule has 0 bridgehead atoms. The molecule has 5 atom stereocenters. The van der Waals surface area contributed by atoms with Gasteiger partial charge >= 0.3 is 0 Å². The zero-order valence-corrected chi connectivity index (χ0v) is 13.1. The van der Waals surface area contributed by atoms with E-state index in [0.29, 0.717) is 19.0 Å². The van der Waals surface area contributed by atoms with Crippen LogP contribution in [-0.2, 0) is 0 Å². The molecule has 5 nitrogen and oxygen atoms in total. The average molecular weight is 298 g/mol. The number of hydrogen-bond acceptors (Lipinski definition) is 5. The highest BCUT2D eigenvalue weighted by atomic mass is 16.4. The predicted octanol–water partition coefficient (Wildman–Crippen LogP) is -0.105. The Hall–Kier alpha value is -0.200. The zero-order valence-electron chi connectivity index (χ0n) is 13.1. The molecule has 2 heterocycles. The first-order valence-corrected chi connectivity index (χ1v) is 8.55. The lowest BCUT2D eigenvalue weighted by Crippen LogP contribution is -2.61. The molecule has 0 aromatic carbocycles. The molecule has 0 amide bonds. The van der Waals surface area contributed by atoms with Crippen LogP contribution in [0.1, 0.15) is 32.6 Å². The zero-order chi connectivity index (χ0) is 15.0. The molecule has 0 aromatic rings. The van der Waals surface area contributed by atoms with Crippen molar-refractivity contribution in [3.05, 3.63) is 0 Å². The standard InChI is InChI=1S/C16H30N2O3/c1-11-4-2-3-5-13(11)18-7-12(8-18)6-17-9-14(19)16(21)15(20)10-17/h11-16,19-21H,2-10H2,1H3/t11-,13+,14-,15+,16?/m1/s1. The van der Waals surface area contributed by atoms with Crippen molar-refractivity contribution in [1.29, 1.82) is 0 Å². The van der Waals surface area contributed by atoms with E-state index in [2.05, 4.69) is 16.7 Å². The first kappa shape index (κ1) is 15.7. The number of likely N-dealkylation sites (tertiary alicyclic amines) is 2. The summed E-state index contributed by atoms with van der Waals surface area (Å²) >= 11 is 0. The topological polar surface area (TPSA) is 67.2 Å². The molecule has 2 aliphatic heterocycles. The minimum atomic E-state index is -0.984. The molecule has 1 aliphatic carbocycles. The second-order valence-corrected chi connectivity index (χ2v) is 7.49. The van der Waals surface area contributed by atoms with Crippen molar-refractivity contribution in [3.63, 3.8) is 0 Å². The van der Waals surface area contributed by atoms with E-state index >= 15 is 0 Å². The van der Waals surface area contributed by atoms with Crippen molar-refractivity contribution in [3.8, 4) is 0 Å². The van der Waals surface area contributed by atoms with Gasteiger partial charge in [0.05, 0.1) is 12.2 Å². The smallest absolute Gasteiger partial charge is 0.108 e. The summed E-state index contributed by atoms with van der Waals surface area (Å²) in [5.41, 5.74) is 0. The number of hydrogen-bond donors (Lipinski definition) is 3. The Morgan fingerprint density at radius 1 is 0.905 bits per heavy atom. The fraction of sp³-hybridized carbons (Fsp3) is 1.00. The monoisotopic (exact) mass is 298 g/mol. The van der Waals surface area contributed by atoms with Gasteiger partial charge in [-0.3, -0.25) is 9.80 Å². The molecule has 1 saturated carbocycles. The summed E-state index contributed by atoms with van der Waals surface area (Å²) in [6, 6.07) is 0.773. The quantitative estimate of drug-likeness (QED) is 0.679. The molecule has 0 spiro atoms. The van der Waals surface area contributed by atoms with Gasteiger partial charge in [0, 0.05) is 38.8 Å². The van der Waals surface area contributed by atoms with E-state index in [0.717, 1.165) is 31.6 Å². The van der Waals surface area contributed by atoms with Crippen molar-refractivity contribution in [2.75, 3.05) is 32.7 Å². The molecule has 2 saturated heterocycles. The largest absolute Gasteiger partial charge is 0.389 e. The third-order valence-corrected chi connectivity index (χ3v) is 5.72. The molecule has 5 heteroatoms. The normalized spacial score (nSPS) is 43.7. The highest BCUT2D eigenvalue weighted by molar-refractivity contribution is 4.93. The van der Waals surface area contributed by atoms with Crippen molar-refractivity contribution in [2.24, 2.45) is 11.8 Å². The third kappa shape index (κ3) is 3.42. The van der Waals surface area contributed by atoms with E-state index in [1.54, 1.807) is 0 Å². The fourth-order valence-corrected chi connectivity index (χ4v) is 4.43. The molecule has 0 aromatic heterocycles. The summed E-state index contributed by atoms with van der Waals surface area (Å²) in [7, 11) is 0. The molecule has 3 aliphatic rings. The maximum absolute atomic E-state index is 9.75. The average Bonchev–Trinajstić information content (AvgIpc) is 2.41. The van der Waals surface area contributed by atoms with Gasteiger partial charge in [-0.05, 0) is 24.7 Å². The van der Waals surface area contributed by atoms with Crippen LogP contribution in [0.2, 0.25) is 0 Å². The maximum atomic E-state index is 9.75. The molecule has 3 fully saturated rings. The lowest BCUT2D eigenvalue weighted by atomic mass is 9.82. The fourth-order valence-electron chi connectivity index (χ4n) is 4.43. The Kier molecular flexibility index (Phi) is 4.86. The molecule has 21 heavy (non-hydrogen) atoms. The number of rotatable bonds is 3. The summed E-state index contributed by atoms with van der Waals surface area (Å²) in [4.78, 5) is 4.73. The number of nitrogens with zero attached hydrogens (tertiary/aromatic N) is 2. The van der Waals surface area contributed by atoms with Crippen LogP contribution in [-0.4, -0.2) is 82.2 Å². The Morgan fingerprint density at radius 2 is 1.52 bits per heavy atom. The van der Waals surface area contributed by atoms with Crippen molar-refractivity contribution >= 4 is 0 Å². The summed E-state index contributed by atoms with van der Waals surface area (Å²) in [5, 5.41) is 29.1. The van der Waals surface area contributed by atoms with Gasteiger partial charge in [0.25, 0.3) is 0 Å². The highest BCUT2D eigenvalue weighted by Gasteiger charge is 2.39. The van der Waals surface area contributed by atoms with Crippen LogP contribution in [0.15, 0.2) is 0 Å². The van der Waals surface area contributed by atoms with E-state index in [-0.39, 0.29) is 0 Å². The first-order chi connectivity index (χ1) is 10.0. The van der Waals surface area contributed by atoms with Crippen LogP contribution in [0.3, 0.4) is 0 Å². The number of aliphatic hydroxyl groups excluding tert-OH is 3. The van der Waals surface area contributed by atoms with Crippen LogP contribution in [0, 0.1) is 11.8 Å². The van der Waals surface area contributed by atoms with Crippen molar-refractivity contribution in [1.82, 2.24) is 9.80 Å². The van der Waals surface area contributed by atoms with Gasteiger partial charge < -0.3 is 15.3 Å². The number of β-amino-alcohol motifs (C(OH)–C–C–N with tert-alkyl or cyclic N) is 2.